The number of aromatic nitrogens is 1. The summed E-state index contributed by atoms with van der Waals surface area (Å²) in [6, 6.07) is 8.54. The van der Waals surface area contributed by atoms with Crippen molar-refractivity contribution in [2.45, 2.75) is 25.7 Å². The molecule has 2 rings (SSSR count). The summed E-state index contributed by atoms with van der Waals surface area (Å²) in [5.41, 5.74) is 1.37. The fourth-order valence-electron chi connectivity index (χ4n) is 2.67. The number of ketones is 1. The summed E-state index contributed by atoms with van der Waals surface area (Å²) < 4.78 is 1.39. The minimum atomic E-state index is -0.364. The van der Waals surface area contributed by atoms with Crippen molar-refractivity contribution in [1.29, 1.82) is 5.26 Å². The molecule has 0 aliphatic heterocycles. The number of carbonyl (C=O) groups is 1. The molecule has 0 radical (unpaired) electrons. The second kappa shape index (κ2) is 8.61. The lowest BCUT2D eigenvalue weighted by Crippen LogP contribution is -2.25. The first-order valence-corrected chi connectivity index (χ1v) is 8.36. The number of aryl methyl sites for hydroxylation is 2. The molecule has 5 nitrogen and oxygen atoms in total. The summed E-state index contributed by atoms with van der Waals surface area (Å²) in [4.78, 5) is 25.0. The Morgan fingerprint density at radius 3 is 2.80 bits per heavy atom. The van der Waals surface area contributed by atoms with Gasteiger partial charge in [-0.1, -0.05) is 23.7 Å². The molecule has 2 aromatic rings. The van der Waals surface area contributed by atoms with Gasteiger partial charge in [-0.25, -0.2) is 0 Å². The largest absolute Gasteiger partial charge is 0.396 e. The average Bonchev–Trinajstić information content (AvgIpc) is 2.58. The fraction of sp³-hybridized carbons (Fsp3) is 0.316. The monoisotopic (exact) mass is 358 g/mol. The third kappa shape index (κ3) is 4.56. The summed E-state index contributed by atoms with van der Waals surface area (Å²) in [5, 5.41) is 18.4. The maximum Gasteiger partial charge on any atom is 0.261 e. The number of benzene rings is 1. The van der Waals surface area contributed by atoms with E-state index in [0.717, 1.165) is 12.0 Å². The zero-order valence-corrected chi connectivity index (χ0v) is 14.7. The van der Waals surface area contributed by atoms with E-state index in [1.165, 1.54) is 4.57 Å². The first kappa shape index (κ1) is 18.9. The molecule has 0 amide bonds. The number of aliphatic hydroxyl groups is 1. The maximum atomic E-state index is 12.6. The summed E-state index contributed by atoms with van der Waals surface area (Å²) in [6.07, 6.45) is 3.76. The van der Waals surface area contributed by atoms with Gasteiger partial charge in [-0.05, 0) is 42.5 Å². The van der Waals surface area contributed by atoms with E-state index in [2.05, 4.69) is 0 Å². The van der Waals surface area contributed by atoms with Crippen molar-refractivity contribution in [3.63, 3.8) is 0 Å². The van der Waals surface area contributed by atoms with Gasteiger partial charge in [0.25, 0.3) is 5.56 Å². The van der Waals surface area contributed by atoms with E-state index in [1.54, 1.807) is 37.5 Å². The predicted octanol–water partition coefficient (Wildman–Crippen LogP) is 2.65. The maximum absolute atomic E-state index is 12.6. The number of hydrogen-bond donors (Lipinski definition) is 1. The van der Waals surface area contributed by atoms with E-state index >= 15 is 0 Å². The number of nitriles is 1. The van der Waals surface area contributed by atoms with Crippen LogP contribution in [-0.2, 0) is 19.9 Å². The van der Waals surface area contributed by atoms with E-state index < -0.39 is 0 Å². The lowest BCUT2D eigenvalue weighted by atomic mass is 9.98. The minimum absolute atomic E-state index is 0.0568. The Morgan fingerprint density at radius 1 is 1.36 bits per heavy atom. The molecular formula is C19H19ClN2O3. The second-order valence-corrected chi connectivity index (χ2v) is 6.25. The minimum Gasteiger partial charge on any atom is -0.396 e. The fourth-order valence-corrected chi connectivity index (χ4v) is 2.91. The second-order valence-electron chi connectivity index (χ2n) is 5.84. The van der Waals surface area contributed by atoms with Crippen LogP contribution in [0.2, 0.25) is 5.02 Å². The molecule has 0 aliphatic rings. The quantitative estimate of drug-likeness (QED) is 0.609. The lowest BCUT2D eigenvalue weighted by Gasteiger charge is -2.09. The molecule has 130 valence electrons. The van der Waals surface area contributed by atoms with Crippen molar-refractivity contribution < 1.29 is 9.90 Å². The summed E-state index contributed by atoms with van der Waals surface area (Å²) in [5.74, 6) is -0.344. The number of hydrogen-bond acceptors (Lipinski definition) is 4. The van der Waals surface area contributed by atoms with E-state index in [1.807, 2.05) is 6.07 Å². The molecule has 0 spiro atoms. The number of rotatable bonds is 7. The van der Waals surface area contributed by atoms with E-state index in [0.29, 0.717) is 23.4 Å². The molecule has 0 unspecified atom stereocenters. The number of unbranched alkanes of at least 4 members (excludes halogenated alkanes) is 1. The van der Waals surface area contributed by atoms with E-state index in [9.17, 15) is 14.9 Å². The third-order valence-corrected chi connectivity index (χ3v) is 4.29. The Morgan fingerprint density at radius 2 is 2.12 bits per heavy atom. The number of halogens is 1. The van der Waals surface area contributed by atoms with Crippen molar-refractivity contribution in [2.24, 2.45) is 7.05 Å². The first-order valence-electron chi connectivity index (χ1n) is 7.99. The van der Waals surface area contributed by atoms with Crippen LogP contribution < -0.4 is 5.56 Å². The highest BCUT2D eigenvalue weighted by atomic mass is 35.5. The van der Waals surface area contributed by atoms with Crippen LogP contribution in [0.15, 0.2) is 35.3 Å². The molecule has 0 saturated heterocycles. The van der Waals surface area contributed by atoms with Crippen LogP contribution in [0.1, 0.15) is 39.9 Å². The van der Waals surface area contributed by atoms with Gasteiger partial charge in [-0.3, -0.25) is 9.59 Å². The van der Waals surface area contributed by atoms with Gasteiger partial charge >= 0.3 is 0 Å². The highest BCUT2D eigenvalue weighted by Gasteiger charge is 2.16. The molecule has 0 aliphatic carbocycles. The van der Waals surface area contributed by atoms with Crippen LogP contribution in [0.4, 0.5) is 0 Å². The normalized spacial score (nSPS) is 10.5. The zero-order chi connectivity index (χ0) is 18.4. The lowest BCUT2D eigenvalue weighted by molar-refractivity contribution is 0.0991. The van der Waals surface area contributed by atoms with E-state index in [-0.39, 0.29) is 35.5 Å². The Bertz CT molecular complexity index is 881. The summed E-state index contributed by atoms with van der Waals surface area (Å²) in [7, 11) is 1.61. The zero-order valence-electron chi connectivity index (χ0n) is 14.0. The number of carbonyl (C=O) groups excluding carboxylic acids is 1. The first-order chi connectivity index (χ1) is 12.0. The van der Waals surface area contributed by atoms with Gasteiger partial charge < -0.3 is 9.67 Å². The highest BCUT2D eigenvalue weighted by molar-refractivity contribution is 6.31. The van der Waals surface area contributed by atoms with Crippen molar-refractivity contribution in [1.82, 2.24) is 4.57 Å². The van der Waals surface area contributed by atoms with Gasteiger partial charge in [0, 0.05) is 26.3 Å². The van der Waals surface area contributed by atoms with Gasteiger partial charge in [0.2, 0.25) is 0 Å². The third-order valence-electron chi connectivity index (χ3n) is 3.98. The molecule has 1 aromatic carbocycles. The molecule has 6 heteroatoms. The van der Waals surface area contributed by atoms with Crippen LogP contribution in [0, 0.1) is 11.3 Å². The van der Waals surface area contributed by atoms with Crippen LogP contribution in [0.5, 0.6) is 0 Å². The SMILES string of the molecule is Cn1cc(CCCCO)cc(C(=O)Cc2cccc(Cl)c2C#N)c1=O. The molecule has 0 saturated carbocycles. The Balaban J connectivity index is 2.32. The van der Waals surface area contributed by atoms with Crippen LogP contribution in [0.25, 0.3) is 0 Å². The van der Waals surface area contributed by atoms with Crippen molar-refractivity contribution in [2.75, 3.05) is 6.61 Å². The van der Waals surface area contributed by atoms with Gasteiger partial charge in [0.15, 0.2) is 5.78 Å². The highest BCUT2D eigenvalue weighted by Crippen LogP contribution is 2.20. The summed E-state index contributed by atoms with van der Waals surface area (Å²) >= 11 is 5.99. The number of nitrogens with zero attached hydrogens (tertiary/aromatic N) is 2. The standard InChI is InChI=1S/C19H19ClN2O3/c1-22-12-13(5-2-3-8-23)9-15(19(22)25)18(24)10-14-6-4-7-17(20)16(14)11-21/h4,6-7,9,12,23H,2-3,5,8,10H2,1H3. The molecule has 1 heterocycles. The topological polar surface area (TPSA) is 83.1 Å². The van der Waals surface area contributed by atoms with Gasteiger partial charge in [0.05, 0.1) is 16.1 Å². The van der Waals surface area contributed by atoms with Crippen molar-refractivity contribution >= 4 is 17.4 Å². The van der Waals surface area contributed by atoms with E-state index in [4.69, 9.17) is 16.7 Å². The molecule has 0 bridgehead atoms. The smallest absolute Gasteiger partial charge is 0.261 e. The predicted molar refractivity (Wildman–Crippen MR) is 95.9 cm³/mol. The summed E-state index contributed by atoms with van der Waals surface area (Å²) in [6.45, 7) is 0.114. The Hall–Kier alpha value is -2.42. The molecule has 25 heavy (non-hydrogen) atoms. The Kier molecular flexibility index (Phi) is 6.51. The van der Waals surface area contributed by atoms with Crippen molar-refractivity contribution in [3.05, 3.63) is 68.1 Å². The number of Topliss-reactive ketones (excluding diaryl/α,β-unsaturated/α-hetero) is 1. The number of pyridine rings is 1. The van der Waals surface area contributed by atoms with Gasteiger partial charge in [-0.2, -0.15) is 5.26 Å². The van der Waals surface area contributed by atoms with Crippen LogP contribution in [0.3, 0.4) is 0 Å². The number of aliphatic hydroxyl groups excluding tert-OH is 1. The van der Waals surface area contributed by atoms with Crippen molar-refractivity contribution in [3.8, 4) is 6.07 Å². The van der Waals surface area contributed by atoms with Gasteiger partial charge in [-0.15, -0.1) is 0 Å². The molecule has 1 N–H and O–H groups in total. The van der Waals surface area contributed by atoms with Crippen LogP contribution in [-0.4, -0.2) is 22.1 Å². The van der Waals surface area contributed by atoms with Gasteiger partial charge in [0.1, 0.15) is 6.07 Å². The molecule has 0 fully saturated rings. The molecule has 1 aromatic heterocycles. The van der Waals surface area contributed by atoms with Crippen LogP contribution >= 0.6 is 11.6 Å². The average molecular weight is 359 g/mol. The molecular weight excluding hydrogens is 340 g/mol. The molecule has 0 atom stereocenters. The Labute approximate surface area is 151 Å².